The average molecular weight is 256 g/mol. The van der Waals surface area contributed by atoms with Crippen molar-refractivity contribution in [3.05, 3.63) is 36.0 Å². The van der Waals surface area contributed by atoms with Crippen LogP contribution in [-0.4, -0.2) is 29.7 Å². The molecule has 1 aromatic carbocycles. The summed E-state index contributed by atoms with van der Waals surface area (Å²) in [5, 5.41) is 10.9. The molecule has 0 bridgehead atoms. The molecule has 1 heterocycles. The van der Waals surface area contributed by atoms with E-state index in [2.05, 4.69) is 9.88 Å². The lowest BCUT2D eigenvalue weighted by atomic mass is 10.1. The van der Waals surface area contributed by atoms with E-state index in [0.29, 0.717) is 0 Å². The quantitative estimate of drug-likeness (QED) is 0.914. The first kappa shape index (κ1) is 12.0. The van der Waals surface area contributed by atoms with Gasteiger partial charge in [-0.1, -0.05) is 24.3 Å². The van der Waals surface area contributed by atoms with E-state index in [1.54, 1.807) is 0 Å². The Morgan fingerprint density at radius 1 is 1.37 bits per heavy atom. The molecule has 19 heavy (non-hydrogen) atoms. The molecule has 1 fully saturated rings. The second-order valence-corrected chi connectivity index (χ2v) is 5.17. The summed E-state index contributed by atoms with van der Waals surface area (Å²) in [6.07, 6.45) is 4.04. The van der Waals surface area contributed by atoms with Crippen LogP contribution >= 0.6 is 0 Å². The number of benzene rings is 1. The molecule has 1 saturated carbocycles. The van der Waals surface area contributed by atoms with Gasteiger partial charge in [-0.05, 0) is 18.8 Å². The van der Waals surface area contributed by atoms with Crippen LogP contribution in [0.15, 0.2) is 30.5 Å². The minimum atomic E-state index is -0.930. The third kappa shape index (κ3) is 2.26. The Balaban J connectivity index is 2.09. The molecule has 1 N–H and O–H groups in total. The summed E-state index contributed by atoms with van der Waals surface area (Å²) < 4.78 is 0. The van der Waals surface area contributed by atoms with Crippen LogP contribution in [-0.2, 0) is 0 Å². The molecule has 98 valence electrons. The molecular weight excluding hydrogens is 240 g/mol. The van der Waals surface area contributed by atoms with Crippen LogP contribution in [0.2, 0.25) is 0 Å². The number of aromatic carboxylic acids is 1. The zero-order valence-corrected chi connectivity index (χ0v) is 10.8. The zero-order chi connectivity index (χ0) is 13.4. The van der Waals surface area contributed by atoms with Crippen LogP contribution in [0.1, 0.15) is 23.2 Å². The van der Waals surface area contributed by atoms with Crippen LogP contribution in [0.4, 0.5) is 5.82 Å². The van der Waals surface area contributed by atoms with Crippen LogP contribution < -0.4 is 4.90 Å². The first-order valence-corrected chi connectivity index (χ1v) is 6.49. The molecule has 0 saturated heterocycles. The highest BCUT2D eigenvalue weighted by molar-refractivity contribution is 6.06. The Labute approximate surface area is 111 Å². The number of anilines is 1. The highest BCUT2D eigenvalue weighted by Crippen LogP contribution is 2.32. The normalized spacial score (nSPS) is 14.6. The molecule has 0 aliphatic heterocycles. The van der Waals surface area contributed by atoms with Crippen LogP contribution in [0.3, 0.4) is 0 Å². The zero-order valence-electron chi connectivity index (χ0n) is 10.8. The van der Waals surface area contributed by atoms with Gasteiger partial charge in [0, 0.05) is 30.6 Å². The van der Waals surface area contributed by atoms with Crippen molar-refractivity contribution in [3.63, 3.8) is 0 Å². The number of carbonyl (C=O) groups is 1. The van der Waals surface area contributed by atoms with Crippen molar-refractivity contribution >= 4 is 22.6 Å². The van der Waals surface area contributed by atoms with Gasteiger partial charge in [0.1, 0.15) is 5.82 Å². The molecule has 4 heteroatoms. The predicted octanol–water partition coefficient (Wildman–Crippen LogP) is 2.78. The maximum atomic E-state index is 11.2. The van der Waals surface area contributed by atoms with Gasteiger partial charge < -0.3 is 10.0 Å². The maximum Gasteiger partial charge on any atom is 0.337 e. The summed E-state index contributed by atoms with van der Waals surface area (Å²) in [5.41, 5.74) is 0.263. The van der Waals surface area contributed by atoms with Gasteiger partial charge in [0.25, 0.3) is 0 Å². The molecule has 0 spiro atoms. The van der Waals surface area contributed by atoms with E-state index >= 15 is 0 Å². The summed E-state index contributed by atoms with van der Waals surface area (Å²) in [6.45, 7) is 0.989. The third-order valence-corrected chi connectivity index (χ3v) is 3.60. The third-order valence-electron chi connectivity index (χ3n) is 3.60. The summed E-state index contributed by atoms with van der Waals surface area (Å²) in [7, 11) is 2.02. The molecule has 1 aliphatic carbocycles. The van der Waals surface area contributed by atoms with E-state index in [0.717, 1.165) is 29.1 Å². The molecule has 0 atom stereocenters. The average Bonchev–Trinajstić information content (AvgIpc) is 3.21. The SMILES string of the molecule is CN(CC1CC1)c1ncc(C(=O)O)c2ccccc12. The molecule has 1 aromatic heterocycles. The fourth-order valence-corrected chi connectivity index (χ4v) is 2.43. The fourth-order valence-electron chi connectivity index (χ4n) is 2.43. The van der Waals surface area contributed by atoms with Crippen molar-refractivity contribution < 1.29 is 9.90 Å². The molecule has 2 aromatic rings. The second kappa shape index (κ2) is 4.53. The van der Waals surface area contributed by atoms with Gasteiger partial charge in [-0.15, -0.1) is 0 Å². The van der Waals surface area contributed by atoms with E-state index in [-0.39, 0.29) is 5.56 Å². The number of hydrogen-bond donors (Lipinski definition) is 1. The largest absolute Gasteiger partial charge is 0.478 e. The lowest BCUT2D eigenvalue weighted by molar-refractivity contribution is 0.0698. The monoisotopic (exact) mass is 256 g/mol. The van der Waals surface area contributed by atoms with Crippen LogP contribution in [0, 0.1) is 5.92 Å². The second-order valence-electron chi connectivity index (χ2n) is 5.17. The molecule has 0 amide bonds. The van der Waals surface area contributed by atoms with E-state index in [4.69, 9.17) is 0 Å². The molecular formula is C15H16N2O2. The molecule has 3 rings (SSSR count). The first-order valence-electron chi connectivity index (χ1n) is 6.49. The topological polar surface area (TPSA) is 53.4 Å². The summed E-state index contributed by atoms with van der Waals surface area (Å²) >= 11 is 0. The van der Waals surface area contributed by atoms with Crippen molar-refractivity contribution in [2.75, 3.05) is 18.5 Å². The standard InChI is InChI=1S/C15H16N2O2/c1-17(9-10-6-7-10)14-12-5-3-2-4-11(12)13(8-16-14)15(18)19/h2-5,8,10H,6-7,9H2,1H3,(H,18,19). The Morgan fingerprint density at radius 2 is 2.05 bits per heavy atom. The first-order chi connectivity index (χ1) is 9.16. The smallest absolute Gasteiger partial charge is 0.337 e. The van der Waals surface area contributed by atoms with Gasteiger partial charge in [-0.3, -0.25) is 0 Å². The molecule has 1 aliphatic rings. The van der Waals surface area contributed by atoms with E-state index in [1.165, 1.54) is 19.0 Å². The number of carboxylic acids is 1. The van der Waals surface area contributed by atoms with Gasteiger partial charge in [-0.25, -0.2) is 9.78 Å². The highest BCUT2D eigenvalue weighted by atomic mass is 16.4. The van der Waals surface area contributed by atoms with Crippen molar-refractivity contribution in [3.8, 4) is 0 Å². The van der Waals surface area contributed by atoms with Crippen molar-refractivity contribution in [2.45, 2.75) is 12.8 Å². The number of pyridine rings is 1. The Bertz CT molecular complexity index is 635. The predicted molar refractivity (Wildman–Crippen MR) is 74.7 cm³/mol. The van der Waals surface area contributed by atoms with Crippen molar-refractivity contribution in [2.24, 2.45) is 5.92 Å². The molecule has 0 radical (unpaired) electrons. The van der Waals surface area contributed by atoms with Gasteiger partial charge in [0.2, 0.25) is 0 Å². The highest BCUT2D eigenvalue weighted by Gasteiger charge is 2.24. The van der Waals surface area contributed by atoms with E-state index in [9.17, 15) is 9.90 Å². The van der Waals surface area contributed by atoms with Crippen LogP contribution in [0.25, 0.3) is 10.8 Å². The Morgan fingerprint density at radius 3 is 2.68 bits per heavy atom. The minimum absolute atomic E-state index is 0.263. The lowest BCUT2D eigenvalue weighted by Gasteiger charge is -2.20. The minimum Gasteiger partial charge on any atom is -0.478 e. The number of carboxylic acid groups (broad SMARTS) is 1. The van der Waals surface area contributed by atoms with Crippen LogP contribution in [0.5, 0.6) is 0 Å². The van der Waals surface area contributed by atoms with Gasteiger partial charge in [0.05, 0.1) is 5.56 Å². The fraction of sp³-hybridized carbons (Fsp3) is 0.333. The number of rotatable bonds is 4. The number of fused-ring (bicyclic) bond motifs is 1. The maximum absolute atomic E-state index is 11.2. The Hall–Kier alpha value is -2.10. The van der Waals surface area contributed by atoms with E-state index in [1.807, 2.05) is 31.3 Å². The number of aromatic nitrogens is 1. The molecule has 0 unspecified atom stereocenters. The lowest BCUT2D eigenvalue weighted by Crippen LogP contribution is -2.21. The van der Waals surface area contributed by atoms with Gasteiger partial charge in [-0.2, -0.15) is 0 Å². The molecule has 4 nitrogen and oxygen atoms in total. The Kier molecular flexibility index (Phi) is 2.85. The van der Waals surface area contributed by atoms with Gasteiger partial charge >= 0.3 is 5.97 Å². The number of nitrogens with zero attached hydrogens (tertiary/aromatic N) is 2. The van der Waals surface area contributed by atoms with E-state index < -0.39 is 5.97 Å². The van der Waals surface area contributed by atoms with Crippen molar-refractivity contribution in [1.82, 2.24) is 4.98 Å². The summed E-state index contributed by atoms with van der Waals surface area (Å²) in [6, 6.07) is 7.56. The number of hydrogen-bond acceptors (Lipinski definition) is 3. The summed E-state index contributed by atoms with van der Waals surface area (Å²) in [5.74, 6) is 0.706. The van der Waals surface area contributed by atoms with Crippen molar-refractivity contribution in [1.29, 1.82) is 0 Å². The van der Waals surface area contributed by atoms with Gasteiger partial charge in [0.15, 0.2) is 0 Å². The summed E-state index contributed by atoms with van der Waals surface area (Å²) in [4.78, 5) is 17.7.